The van der Waals surface area contributed by atoms with Crippen molar-refractivity contribution in [3.05, 3.63) is 54.6 Å². The number of alkyl halides is 3. The summed E-state index contributed by atoms with van der Waals surface area (Å²) in [5.74, 6) is 0.262. The first-order valence-electron chi connectivity index (χ1n) is 6.55. The van der Waals surface area contributed by atoms with Gasteiger partial charge in [0.15, 0.2) is 12.4 Å². The molecular formula is C16H11F3N2O. The highest BCUT2D eigenvalue weighted by atomic mass is 19.4. The zero-order valence-electron chi connectivity index (χ0n) is 11.3. The minimum absolute atomic E-state index is 0.0678. The van der Waals surface area contributed by atoms with Gasteiger partial charge in [0.25, 0.3) is 0 Å². The van der Waals surface area contributed by atoms with Crippen molar-refractivity contribution in [3.63, 3.8) is 0 Å². The molecule has 0 spiro atoms. The summed E-state index contributed by atoms with van der Waals surface area (Å²) in [4.78, 5) is 8.52. The third-order valence-corrected chi connectivity index (χ3v) is 2.97. The maximum absolute atomic E-state index is 12.4. The summed E-state index contributed by atoms with van der Waals surface area (Å²) >= 11 is 0. The summed E-state index contributed by atoms with van der Waals surface area (Å²) in [5, 5.41) is 0.450. The summed E-state index contributed by atoms with van der Waals surface area (Å²) < 4.78 is 42.1. The Kier molecular flexibility index (Phi) is 3.66. The van der Waals surface area contributed by atoms with Crippen molar-refractivity contribution in [2.24, 2.45) is 0 Å². The van der Waals surface area contributed by atoms with E-state index in [9.17, 15) is 13.2 Å². The minimum Gasteiger partial charge on any atom is -0.467 e. The highest BCUT2D eigenvalue weighted by Gasteiger charge is 2.29. The lowest BCUT2D eigenvalue weighted by molar-refractivity contribution is -0.153. The number of hydrogen-bond acceptors (Lipinski definition) is 3. The molecule has 0 saturated carbocycles. The van der Waals surface area contributed by atoms with Gasteiger partial charge in [0, 0.05) is 5.56 Å². The van der Waals surface area contributed by atoms with Gasteiger partial charge in [-0.15, -0.1) is 0 Å². The first kappa shape index (κ1) is 14.3. The van der Waals surface area contributed by atoms with Gasteiger partial charge in [0.1, 0.15) is 0 Å². The van der Waals surface area contributed by atoms with Crippen molar-refractivity contribution < 1.29 is 17.9 Å². The zero-order valence-corrected chi connectivity index (χ0v) is 11.3. The van der Waals surface area contributed by atoms with Crippen LogP contribution >= 0.6 is 0 Å². The topological polar surface area (TPSA) is 35.0 Å². The predicted octanol–water partition coefficient (Wildman–Crippen LogP) is 4.24. The van der Waals surface area contributed by atoms with Crippen LogP contribution in [-0.2, 0) is 0 Å². The summed E-state index contributed by atoms with van der Waals surface area (Å²) in [6.45, 7) is -1.39. The SMILES string of the molecule is FC(F)(F)COc1nc(-c2ccccc2)nc2ccccc12. The highest BCUT2D eigenvalue weighted by molar-refractivity contribution is 5.85. The van der Waals surface area contributed by atoms with Crippen molar-refractivity contribution in [2.45, 2.75) is 6.18 Å². The lowest BCUT2D eigenvalue weighted by atomic mass is 10.2. The molecule has 0 aliphatic heterocycles. The second kappa shape index (κ2) is 5.63. The van der Waals surface area contributed by atoms with E-state index in [1.54, 1.807) is 36.4 Å². The molecule has 0 N–H and O–H groups in total. The molecule has 112 valence electrons. The zero-order chi connectivity index (χ0) is 15.6. The van der Waals surface area contributed by atoms with E-state index in [0.29, 0.717) is 22.3 Å². The molecule has 0 amide bonds. The molecule has 3 nitrogen and oxygen atoms in total. The Hall–Kier alpha value is -2.63. The molecule has 0 aliphatic rings. The van der Waals surface area contributed by atoms with E-state index in [-0.39, 0.29) is 5.88 Å². The van der Waals surface area contributed by atoms with Gasteiger partial charge in [0.05, 0.1) is 10.9 Å². The van der Waals surface area contributed by atoms with Crippen LogP contribution in [0.1, 0.15) is 0 Å². The fraction of sp³-hybridized carbons (Fsp3) is 0.125. The van der Waals surface area contributed by atoms with Crippen molar-refractivity contribution in [1.82, 2.24) is 9.97 Å². The monoisotopic (exact) mass is 304 g/mol. The smallest absolute Gasteiger partial charge is 0.422 e. The summed E-state index contributed by atoms with van der Waals surface area (Å²) in [7, 11) is 0. The molecule has 0 atom stereocenters. The lowest BCUT2D eigenvalue weighted by Crippen LogP contribution is -2.20. The van der Waals surface area contributed by atoms with Crippen LogP contribution in [0.25, 0.3) is 22.3 Å². The number of nitrogens with zero attached hydrogens (tertiary/aromatic N) is 2. The third kappa shape index (κ3) is 3.16. The van der Waals surface area contributed by atoms with E-state index < -0.39 is 12.8 Å². The quantitative estimate of drug-likeness (QED) is 0.726. The first-order valence-corrected chi connectivity index (χ1v) is 6.55. The normalized spacial score (nSPS) is 11.6. The van der Waals surface area contributed by atoms with E-state index in [0.717, 1.165) is 0 Å². The molecular weight excluding hydrogens is 293 g/mol. The molecule has 0 aliphatic carbocycles. The van der Waals surface area contributed by atoms with Crippen LogP contribution in [0.5, 0.6) is 5.88 Å². The van der Waals surface area contributed by atoms with E-state index in [4.69, 9.17) is 4.74 Å². The number of rotatable bonds is 3. The van der Waals surface area contributed by atoms with E-state index >= 15 is 0 Å². The van der Waals surface area contributed by atoms with Crippen molar-refractivity contribution in [1.29, 1.82) is 0 Å². The maximum Gasteiger partial charge on any atom is 0.422 e. The molecule has 0 fully saturated rings. The first-order chi connectivity index (χ1) is 10.5. The van der Waals surface area contributed by atoms with E-state index in [2.05, 4.69) is 9.97 Å². The van der Waals surface area contributed by atoms with Gasteiger partial charge in [0.2, 0.25) is 5.88 Å². The second-order valence-corrected chi connectivity index (χ2v) is 4.64. The number of para-hydroxylation sites is 1. The molecule has 3 rings (SSSR count). The van der Waals surface area contributed by atoms with Crippen LogP contribution < -0.4 is 4.74 Å². The van der Waals surface area contributed by atoms with Gasteiger partial charge < -0.3 is 4.74 Å². The second-order valence-electron chi connectivity index (χ2n) is 4.64. The Morgan fingerprint density at radius 1 is 0.864 bits per heavy atom. The number of aromatic nitrogens is 2. The van der Waals surface area contributed by atoms with Crippen LogP contribution in [0, 0.1) is 0 Å². The molecule has 0 bridgehead atoms. The Balaban J connectivity index is 2.08. The molecule has 3 aromatic rings. The largest absolute Gasteiger partial charge is 0.467 e. The lowest BCUT2D eigenvalue weighted by Gasteiger charge is -2.11. The number of halogens is 3. The van der Waals surface area contributed by atoms with Crippen LogP contribution in [0.4, 0.5) is 13.2 Å². The van der Waals surface area contributed by atoms with Gasteiger partial charge in [-0.3, -0.25) is 0 Å². The summed E-state index contributed by atoms with van der Waals surface area (Å²) in [5.41, 5.74) is 1.25. The predicted molar refractivity (Wildman–Crippen MR) is 76.5 cm³/mol. The Morgan fingerprint density at radius 3 is 2.27 bits per heavy atom. The van der Waals surface area contributed by atoms with Crippen molar-refractivity contribution in [3.8, 4) is 17.3 Å². The Labute approximate surface area is 124 Å². The molecule has 0 unspecified atom stereocenters. The molecule has 2 aromatic carbocycles. The van der Waals surface area contributed by atoms with Gasteiger partial charge >= 0.3 is 6.18 Å². The van der Waals surface area contributed by atoms with E-state index in [1.807, 2.05) is 18.2 Å². The van der Waals surface area contributed by atoms with Gasteiger partial charge in [-0.05, 0) is 12.1 Å². The van der Waals surface area contributed by atoms with Crippen LogP contribution in [0.3, 0.4) is 0 Å². The van der Waals surface area contributed by atoms with Crippen molar-refractivity contribution >= 4 is 10.9 Å². The Morgan fingerprint density at radius 2 is 1.55 bits per heavy atom. The highest BCUT2D eigenvalue weighted by Crippen LogP contribution is 2.27. The molecule has 6 heteroatoms. The summed E-state index contributed by atoms with van der Waals surface area (Å²) in [6, 6.07) is 15.8. The standard InChI is InChI=1S/C16H11F3N2O/c17-16(18,19)10-22-15-12-8-4-5-9-13(12)20-14(21-15)11-6-2-1-3-7-11/h1-9H,10H2. The molecule has 1 aromatic heterocycles. The van der Waals surface area contributed by atoms with E-state index in [1.165, 1.54) is 0 Å². The fourth-order valence-electron chi connectivity index (χ4n) is 2.02. The molecule has 1 heterocycles. The molecule has 0 saturated heterocycles. The average Bonchev–Trinajstić information content (AvgIpc) is 2.52. The van der Waals surface area contributed by atoms with Gasteiger partial charge in [-0.1, -0.05) is 42.5 Å². The molecule has 22 heavy (non-hydrogen) atoms. The minimum atomic E-state index is -4.42. The number of ether oxygens (including phenoxy) is 1. The van der Waals surface area contributed by atoms with Crippen molar-refractivity contribution in [2.75, 3.05) is 6.61 Å². The van der Waals surface area contributed by atoms with Gasteiger partial charge in [-0.2, -0.15) is 18.2 Å². The summed E-state index contributed by atoms with van der Waals surface area (Å²) in [6.07, 6.45) is -4.42. The number of fused-ring (bicyclic) bond motifs is 1. The number of hydrogen-bond donors (Lipinski definition) is 0. The maximum atomic E-state index is 12.4. The van der Waals surface area contributed by atoms with Gasteiger partial charge in [-0.25, -0.2) is 4.98 Å². The fourth-order valence-corrected chi connectivity index (χ4v) is 2.02. The Bertz CT molecular complexity index is 788. The average molecular weight is 304 g/mol. The molecule has 0 radical (unpaired) electrons. The van der Waals surface area contributed by atoms with Crippen LogP contribution in [0.15, 0.2) is 54.6 Å². The van der Waals surface area contributed by atoms with Crippen LogP contribution in [-0.4, -0.2) is 22.8 Å². The van der Waals surface area contributed by atoms with Crippen LogP contribution in [0.2, 0.25) is 0 Å². The third-order valence-electron chi connectivity index (χ3n) is 2.97. The number of benzene rings is 2.